The molecule has 1 aromatic heterocycles. The van der Waals surface area contributed by atoms with Gasteiger partial charge in [-0.3, -0.25) is 9.59 Å². The van der Waals surface area contributed by atoms with Gasteiger partial charge in [0.15, 0.2) is 0 Å². The fourth-order valence-corrected chi connectivity index (χ4v) is 3.55. The van der Waals surface area contributed by atoms with Crippen molar-refractivity contribution < 1.29 is 4.79 Å². The maximum Gasteiger partial charge on any atom is 0.254 e. The van der Waals surface area contributed by atoms with Gasteiger partial charge >= 0.3 is 0 Å². The van der Waals surface area contributed by atoms with Crippen LogP contribution in [0.2, 0.25) is 0 Å². The first-order chi connectivity index (χ1) is 11.0. The van der Waals surface area contributed by atoms with Crippen molar-refractivity contribution >= 4 is 5.91 Å². The molecule has 0 aromatic carbocycles. The Kier molecular flexibility index (Phi) is 6.37. The van der Waals surface area contributed by atoms with Gasteiger partial charge in [0.1, 0.15) is 5.82 Å². The van der Waals surface area contributed by atoms with Crippen LogP contribution in [0.3, 0.4) is 0 Å². The van der Waals surface area contributed by atoms with Gasteiger partial charge in [0.25, 0.3) is 5.56 Å². The third-order valence-corrected chi connectivity index (χ3v) is 4.83. The van der Waals surface area contributed by atoms with Crippen LogP contribution in [0.5, 0.6) is 0 Å². The van der Waals surface area contributed by atoms with Gasteiger partial charge in [0.05, 0.1) is 0 Å². The maximum atomic E-state index is 12.5. The average molecular weight is 319 g/mol. The predicted octanol–water partition coefficient (Wildman–Crippen LogP) is 2.75. The number of rotatable bonds is 5. The summed E-state index contributed by atoms with van der Waals surface area (Å²) in [6.07, 6.45) is 6.81. The van der Waals surface area contributed by atoms with E-state index in [-0.39, 0.29) is 11.5 Å². The number of carbonyl (C=O) groups is 1. The Bertz CT molecular complexity index is 594. The highest BCUT2D eigenvalue weighted by molar-refractivity contribution is 5.76. The van der Waals surface area contributed by atoms with Gasteiger partial charge in [-0.1, -0.05) is 19.8 Å². The number of hydrogen-bond acceptors (Lipinski definition) is 3. The first-order valence-electron chi connectivity index (χ1n) is 8.85. The number of likely N-dealkylation sites (tertiary alicyclic amines) is 1. The lowest BCUT2D eigenvalue weighted by atomic mass is 9.96. The minimum absolute atomic E-state index is 0.110. The number of aromatic nitrogens is 2. The number of hydrogen-bond donors (Lipinski definition) is 1. The molecule has 1 aliphatic rings. The van der Waals surface area contributed by atoms with Crippen LogP contribution in [0.4, 0.5) is 0 Å². The zero-order valence-electron chi connectivity index (χ0n) is 14.7. The highest BCUT2D eigenvalue weighted by Gasteiger charge is 2.20. The Morgan fingerprint density at radius 3 is 2.78 bits per heavy atom. The number of nitrogens with zero attached hydrogens (tertiary/aromatic N) is 2. The van der Waals surface area contributed by atoms with E-state index in [4.69, 9.17) is 0 Å². The molecule has 2 heterocycles. The zero-order chi connectivity index (χ0) is 16.8. The summed E-state index contributed by atoms with van der Waals surface area (Å²) in [6, 6.07) is 0. The van der Waals surface area contributed by atoms with Crippen molar-refractivity contribution in [3.8, 4) is 0 Å². The fraction of sp³-hybridized carbons (Fsp3) is 0.722. The molecular formula is C18H29N3O2. The van der Waals surface area contributed by atoms with Crippen molar-refractivity contribution in [3.63, 3.8) is 0 Å². The Balaban J connectivity index is 1.91. The minimum Gasteiger partial charge on any atom is -0.343 e. The normalized spacial score (nSPS) is 18.7. The largest absolute Gasteiger partial charge is 0.343 e. The second-order valence-corrected chi connectivity index (χ2v) is 6.68. The molecule has 2 rings (SSSR count). The molecule has 1 N–H and O–H groups in total. The molecule has 1 fully saturated rings. The monoisotopic (exact) mass is 319 g/mol. The molecule has 0 unspecified atom stereocenters. The molecular weight excluding hydrogens is 290 g/mol. The Morgan fingerprint density at radius 1 is 1.30 bits per heavy atom. The summed E-state index contributed by atoms with van der Waals surface area (Å²) in [6.45, 7) is 7.56. The maximum absolute atomic E-state index is 12.5. The van der Waals surface area contributed by atoms with E-state index in [1.807, 2.05) is 11.8 Å². The molecule has 128 valence electrons. The summed E-state index contributed by atoms with van der Waals surface area (Å²) in [5, 5.41) is 0. The van der Waals surface area contributed by atoms with Gasteiger partial charge in [-0.05, 0) is 45.4 Å². The lowest BCUT2D eigenvalue weighted by molar-refractivity contribution is -0.131. The van der Waals surface area contributed by atoms with Crippen LogP contribution in [-0.2, 0) is 11.2 Å². The van der Waals surface area contributed by atoms with Gasteiger partial charge in [-0.25, -0.2) is 4.98 Å². The Hall–Kier alpha value is -1.65. The first-order valence-corrected chi connectivity index (χ1v) is 8.85. The summed E-state index contributed by atoms with van der Waals surface area (Å²) in [4.78, 5) is 33.5. The lowest BCUT2D eigenvalue weighted by Crippen LogP contribution is -2.32. The Morgan fingerprint density at radius 2 is 2.09 bits per heavy atom. The van der Waals surface area contributed by atoms with Crippen molar-refractivity contribution in [1.82, 2.24) is 14.9 Å². The van der Waals surface area contributed by atoms with E-state index in [2.05, 4.69) is 16.9 Å². The lowest BCUT2D eigenvalue weighted by Gasteiger charge is -2.20. The van der Waals surface area contributed by atoms with Crippen LogP contribution in [0.25, 0.3) is 0 Å². The Labute approximate surface area is 138 Å². The van der Waals surface area contributed by atoms with Crippen molar-refractivity contribution in [3.05, 3.63) is 27.4 Å². The van der Waals surface area contributed by atoms with Crippen LogP contribution in [0, 0.1) is 19.8 Å². The summed E-state index contributed by atoms with van der Waals surface area (Å²) in [5.74, 6) is 1.56. The number of amides is 1. The first kappa shape index (κ1) is 17.7. The molecule has 5 heteroatoms. The SMILES string of the molecule is CCC[C@@H]1CCCN(C(=O)CCc2c(C)nc(C)[nH]c2=O)CC1. The second kappa shape index (κ2) is 8.27. The smallest absolute Gasteiger partial charge is 0.254 e. The molecule has 5 nitrogen and oxygen atoms in total. The van der Waals surface area contributed by atoms with E-state index < -0.39 is 0 Å². The van der Waals surface area contributed by atoms with Crippen molar-refractivity contribution in [2.75, 3.05) is 13.1 Å². The number of nitrogens with one attached hydrogen (secondary N) is 1. The van der Waals surface area contributed by atoms with Crippen LogP contribution >= 0.6 is 0 Å². The molecule has 23 heavy (non-hydrogen) atoms. The third-order valence-electron chi connectivity index (χ3n) is 4.83. The molecule has 1 amide bonds. The van der Waals surface area contributed by atoms with Crippen molar-refractivity contribution in [1.29, 1.82) is 0 Å². The quantitative estimate of drug-likeness (QED) is 0.907. The topological polar surface area (TPSA) is 66.1 Å². The van der Waals surface area contributed by atoms with Crippen LogP contribution in [-0.4, -0.2) is 33.9 Å². The van der Waals surface area contributed by atoms with Gasteiger partial charge in [0, 0.05) is 30.8 Å². The van der Waals surface area contributed by atoms with Crippen molar-refractivity contribution in [2.45, 2.75) is 65.7 Å². The summed E-state index contributed by atoms with van der Waals surface area (Å²) < 4.78 is 0. The van der Waals surface area contributed by atoms with E-state index in [1.54, 1.807) is 6.92 Å². The molecule has 0 bridgehead atoms. The highest BCUT2D eigenvalue weighted by atomic mass is 16.2. The number of H-pyrrole nitrogens is 1. The molecule has 0 spiro atoms. The van der Waals surface area contributed by atoms with Gasteiger partial charge in [-0.2, -0.15) is 0 Å². The molecule has 1 saturated heterocycles. The molecule has 1 atom stereocenters. The van der Waals surface area contributed by atoms with Gasteiger partial charge in [0.2, 0.25) is 5.91 Å². The zero-order valence-corrected chi connectivity index (χ0v) is 14.7. The van der Waals surface area contributed by atoms with Gasteiger partial charge in [-0.15, -0.1) is 0 Å². The standard InChI is InChI=1S/C18H29N3O2/c1-4-6-15-7-5-11-21(12-10-15)17(22)9-8-16-13(2)19-14(3)20-18(16)23/h15H,4-12H2,1-3H3,(H,19,20,23)/t15-/m1/s1. The van der Waals surface area contributed by atoms with Crippen molar-refractivity contribution in [2.24, 2.45) is 5.92 Å². The highest BCUT2D eigenvalue weighted by Crippen LogP contribution is 2.22. The number of aromatic amines is 1. The number of aryl methyl sites for hydroxylation is 2. The second-order valence-electron chi connectivity index (χ2n) is 6.68. The number of carbonyl (C=O) groups excluding carboxylic acids is 1. The summed E-state index contributed by atoms with van der Waals surface area (Å²) in [7, 11) is 0. The van der Waals surface area contributed by atoms with Gasteiger partial charge < -0.3 is 9.88 Å². The van der Waals surface area contributed by atoms with E-state index in [0.717, 1.165) is 37.5 Å². The molecule has 0 aliphatic carbocycles. The van der Waals surface area contributed by atoms with Crippen LogP contribution < -0.4 is 5.56 Å². The predicted molar refractivity (Wildman–Crippen MR) is 91.5 cm³/mol. The average Bonchev–Trinajstić information content (AvgIpc) is 2.72. The minimum atomic E-state index is -0.110. The van der Waals surface area contributed by atoms with Crippen LogP contribution in [0.1, 0.15) is 62.5 Å². The van der Waals surface area contributed by atoms with E-state index in [9.17, 15) is 9.59 Å². The molecule has 0 saturated carbocycles. The van der Waals surface area contributed by atoms with E-state index in [0.29, 0.717) is 24.2 Å². The third kappa shape index (κ3) is 4.91. The summed E-state index contributed by atoms with van der Waals surface area (Å²) >= 11 is 0. The van der Waals surface area contributed by atoms with Crippen LogP contribution in [0.15, 0.2) is 4.79 Å². The summed E-state index contributed by atoms with van der Waals surface area (Å²) in [5.41, 5.74) is 1.27. The molecule has 1 aromatic rings. The molecule has 1 aliphatic heterocycles. The molecule has 0 radical (unpaired) electrons. The van der Waals surface area contributed by atoms with E-state index in [1.165, 1.54) is 19.3 Å². The van der Waals surface area contributed by atoms with E-state index >= 15 is 0 Å². The fourth-order valence-electron chi connectivity index (χ4n) is 3.55.